The zero-order chi connectivity index (χ0) is 18.4. The molecular weight excluding hydrogens is 326 g/mol. The van der Waals surface area contributed by atoms with Gasteiger partial charge in [-0.1, -0.05) is 35.9 Å². The highest BCUT2D eigenvalue weighted by Gasteiger charge is 2.06. The molecule has 5 heteroatoms. The summed E-state index contributed by atoms with van der Waals surface area (Å²) in [6, 6.07) is 18.9. The number of carbonyl (C=O) groups excluding carboxylic acids is 1. The molecule has 1 aromatic heterocycles. The maximum absolute atomic E-state index is 12.2. The van der Waals surface area contributed by atoms with E-state index in [2.05, 4.69) is 15.6 Å². The molecule has 0 atom stereocenters. The minimum atomic E-state index is -0.151. The van der Waals surface area contributed by atoms with Crippen LogP contribution in [-0.4, -0.2) is 18.0 Å². The number of hydrogen-bond donors (Lipinski definition) is 2. The first-order valence-corrected chi connectivity index (χ1v) is 8.35. The monoisotopic (exact) mass is 347 g/mol. The van der Waals surface area contributed by atoms with E-state index in [9.17, 15) is 4.79 Å². The molecule has 0 aliphatic carbocycles. The minimum absolute atomic E-state index is 0.151. The minimum Gasteiger partial charge on any atom is -0.496 e. The van der Waals surface area contributed by atoms with Crippen molar-refractivity contribution >= 4 is 17.4 Å². The molecule has 2 N–H and O–H groups in total. The molecule has 0 fully saturated rings. The van der Waals surface area contributed by atoms with Gasteiger partial charge in [-0.15, -0.1) is 0 Å². The number of anilines is 2. The van der Waals surface area contributed by atoms with Crippen molar-refractivity contribution in [3.8, 4) is 5.75 Å². The molecule has 26 heavy (non-hydrogen) atoms. The smallest absolute Gasteiger partial charge is 0.255 e. The predicted molar refractivity (Wildman–Crippen MR) is 104 cm³/mol. The first-order valence-electron chi connectivity index (χ1n) is 8.35. The number of pyridine rings is 1. The summed E-state index contributed by atoms with van der Waals surface area (Å²) in [5.74, 6) is 1.41. The van der Waals surface area contributed by atoms with Gasteiger partial charge in [-0.3, -0.25) is 4.79 Å². The quantitative estimate of drug-likeness (QED) is 0.699. The average molecular weight is 347 g/mol. The van der Waals surface area contributed by atoms with Gasteiger partial charge in [0.2, 0.25) is 0 Å². The summed E-state index contributed by atoms with van der Waals surface area (Å²) < 4.78 is 5.34. The number of benzene rings is 2. The zero-order valence-electron chi connectivity index (χ0n) is 14.8. The number of rotatable bonds is 6. The maximum Gasteiger partial charge on any atom is 0.255 e. The number of para-hydroxylation sites is 1. The summed E-state index contributed by atoms with van der Waals surface area (Å²) >= 11 is 0. The molecular formula is C21H21N3O2. The van der Waals surface area contributed by atoms with Crippen LogP contribution >= 0.6 is 0 Å². The Hall–Kier alpha value is -3.34. The fourth-order valence-electron chi connectivity index (χ4n) is 2.52. The highest BCUT2D eigenvalue weighted by molar-refractivity contribution is 6.04. The third-order valence-electron chi connectivity index (χ3n) is 3.99. The first-order chi connectivity index (χ1) is 12.7. The Morgan fingerprint density at radius 1 is 1.04 bits per heavy atom. The summed E-state index contributed by atoms with van der Waals surface area (Å²) in [7, 11) is 1.66. The second-order valence-corrected chi connectivity index (χ2v) is 5.92. The standard InChI is InChI=1S/C21H21N3O2/c1-15-7-9-16(10-8-15)21(25)24-18-11-12-20(23-14-18)22-13-17-5-3-4-6-19(17)26-2/h3-12,14H,13H2,1-2H3,(H,22,23)(H,24,25). The zero-order valence-corrected chi connectivity index (χ0v) is 14.8. The van der Waals surface area contributed by atoms with Crippen molar-refractivity contribution in [1.29, 1.82) is 0 Å². The van der Waals surface area contributed by atoms with E-state index in [4.69, 9.17) is 4.74 Å². The molecule has 5 nitrogen and oxygen atoms in total. The van der Waals surface area contributed by atoms with Gasteiger partial charge < -0.3 is 15.4 Å². The third kappa shape index (κ3) is 4.39. The number of aryl methyl sites for hydroxylation is 1. The van der Waals surface area contributed by atoms with E-state index in [1.807, 2.05) is 55.5 Å². The molecule has 0 bridgehead atoms. The Balaban J connectivity index is 1.59. The SMILES string of the molecule is COc1ccccc1CNc1ccc(NC(=O)c2ccc(C)cc2)cn1. The largest absolute Gasteiger partial charge is 0.496 e. The van der Waals surface area contributed by atoms with Crippen molar-refractivity contribution in [2.45, 2.75) is 13.5 Å². The second kappa shape index (κ2) is 8.16. The Kier molecular flexibility index (Phi) is 5.49. The van der Waals surface area contributed by atoms with Gasteiger partial charge in [-0.05, 0) is 37.3 Å². The van der Waals surface area contributed by atoms with E-state index in [0.29, 0.717) is 17.8 Å². The average Bonchev–Trinajstić information content (AvgIpc) is 2.68. The van der Waals surface area contributed by atoms with Crippen LogP contribution in [0.25, 0.3) is 0 Å². The highest BCUT2D eigenvalue weighted by Crippen LogP contribution is 2.19. The van der Waals surface area contributed by atoms with Crippen LogP contribution in [-0.2, 0) is 6.54 Å². The number of hydrogen-bond acceptors (Lipinski definition) is 4. The fourth-order valence-corrected chi connectivity index (χ4v) is 2.52. The molecule has 0 spiro atoms. The lowest BCUT2D eigenvalue weighted by atomic mass is 10.1. The summed E-state index contributed by atoms with van der Waals surface area (Å²) in [5, 5.41) is 6.10. The lowest BCUT2D eigenvalue weighted by molar-refractivity contribution is 0.102. The van der Waals surface area contributed by atoms with E-state index in [-0.39, 0.29) is 5.91 Å². The van der Waals surface area contributed by atoms with Crippen LogP contribution in [0.15, 0.2) is 66.9 Å². The summed E-state index contributed by atoms with van der Waals surface area (Å²) in [6.45, 7) is 2.59. The molecule has 0 aliphatic rings. The number of nitrogens with one attached hydrogen (secondary N) is 2. The summed E-state index contributed by atoms with van der Waals surface area (Å²) in [5.41, 5.74) is 3.44. The van der Waals surface area contributed by atoms with E-state index in [1.165, 1.54) is 0 Å². The molecule has 1 heterocycles. The van der Waals surface area contributed by atoms with Crippen LogP contribution in [0.5, 0.6) is 5.75 Å². The topological polar surface area (TPSA) is 63.2 Å². The van der Waals surface area contributed by atoms with Gasteiger partial charge in [0.1, 0.15) is 11.6 Å². The van der Waals surface area contributed by atoms with Crippen molar-refractivity contribution in [3.63, 3.8) is 0 Å². The molecule has 0 unspecified atom stereocenters. The lowest BCUT2D eigenvalue weighted by Crippen LogP contribution is -2.12. The third-order valence-corrected chi connectivity index (χ3v) is 3.99. The van der Waals surface area contributed by atoms with Gasteiger partial charge in [0.25, 0.3) is 5.91 Å². The number of ether oxygens (including phenoxy) is 1. The number of aromatic nitrogens is 1. The molecule has 0 saturated heterocycles. The van der Waals surface area contributed by atoms with E-state index in [0.717, 1.165) is 22.7 Å². The molecule has 3 aromatic rings. The van der Waals surface area contributed by atoms with Gasteiger partial charge in [-0.25, -0.2) is 4.98 Å². The normalized spacial score (nSPS) is 10.2. The summed E-state index contributed by atoms with van der Waals surface area (Å²) in [6.07, 6.45) is 1.64. The van der Waals surface area contributed by atoms with E-state index < -0.39 is 0 Å². The van der Waals surface area contributed by atoms with Gasteiger partial charge >= 0.3 is 0 Å². The Morgan fingerprint density at radius 2 is 1.81 bits per heavy atom. The predicted octanol–water partition coefficient (Wildman–Crippen LogP) is 4.26. The molecule has 1 amide bonds. The van der Waals surface area contributed by atoms with Gasteiger partial charge in [0.15, 0.2) is 0 Å². The molecule has 0 radical (unpaired) electrons. The molecule has 0 saturated carbocycles. The number of amides is 1. The second-order valence-electron chi connectivity index (χ2n) is 5.92. The molecule has 132 valence electrons. The van der Waals surface area contributed by atoms with E-state index >= 15 is 0 Å². The van der Waals surface area contributed by atoms with Crippen LogP contribution in [0.4, 0.5) is 11.5 Å². The van der Waals surface area contributed by atoms with Crippen molar-refractivity contribution in [1.82, 2.24) is 4.98 Å². The van der Waals surface area contributed by atoms with E-state index in [1.54, 1.807) is 25.4 Å². The van der Waals surface area contributed by atoms with Gasteiger partial charge in [0, 0.05) is 17.7 Å². The lowest BCUT2D eigenvalue weighted by Gasteiger charge is -2.10. The molecule has 2 aromatic carbocycles. The van der Waals surface area contributed by atoms with Crippen molar-refractivity contribution < 1.29 is 9.53 Å². The van der Waals surface area contributed by atoms with Crippen LogP contribution in [0.2, 0.25) is 0 Å². The Labute approximate surface area is 153 Å². The van der Waals surface area contributed by atoms with Gasteiger partial charge in [0.05, 0.1) is 19.0 Å². The first kappa shape index (κ1) is 17.5. The molecule has 3 rings (SSSR count). The maximum atomic E-state index is 12.2. The number of nitrogens with zero attached hydrogens (tertiary/aromatic N) is 1. The Bertz CT molecular complexity index is 875. The van der Waals surface area contributed by atoms with Crippen molar-refractivity contribution in [2.75, 3.05) is 17.7 Å². The molecule has 0 aliphatic heterocycles. The number of carbonyl (C=O) groups is 1. The fraction of sp³-hybridized carbons (Fsp3) is 0.143. The number of methoxy groups -OCH3 is 1. The van der Waals surface area contributed by atoms with Crippen LogP contribution in [0.3, 0.4) is 0 Å². The van der Waals surface area contributed by atoms with Crippen LogP contribution in [0.1, 0.15) is 21.5 Å². The summed E-state index contributed by atoms with van der Waals surface area (Å²) in [4.78, 5) is 16.6. The van der Waals surface area contributed by atoms with Gasteiger partial charge in [-0.2, -0.15) is 0 Å². The highest BCUT2D eigenvalue weighted by atomic mass is 16.5. The van der Waals surface area contributed by atoms with Crippen LogP contribution < -0.4 is 15.4 Å². The van der Waals surface area contributed by atoms with Crippen molar-refractivity contribution in [2.24, 2.45) is 0 Å². The Morgan fingerprint density at radius 3 is 2.50 bits per heavy atom. The van der Waals surface area contributed by atoms with Crippen LogP contribution in [0, 0.1) is 6.92 Å². The van der Waals surface area contributed by atoms with Crippen molar-refractivity contribution in [3.05, 3.63) is 83.6 Å².